The molecule has 0 aliphatic rings. The van der Waals surface area contributed by atoms with Crippen molar-refractivity contribution in [1.82, 2.24) is 0 Å². The van der Waals surface area contributed by atoms with Gasteiger partial charge >= 0.3 is 0 Å². The summed E-state index contributed by atoms with van der Waals surface area (Å²) in [6.45, 7) is 1.81. The average Bonchev–Trinajstić information content (AvgIpc) is 2.58. The number of carbonyl (C=O) groups excluding carboxylic acids is 1. The Morgan fingerprint density at radius 3 is 2.50 bits per heavy atom. The molecule has 0 unspecified atom stereocenters. The fourth-order valence-electron chi connectivity index (χ4n) is 1.98. The highest BCUT2D eigenvalue weighted by atomic mass is 35.5. The minimum absolute atomic E-state index is 0.168. The lowest BCUT2D eigenvalue weighted by Gasteiger charge is -2.14. The first-order chi connectivity index (χ1) is 11.5. The first-order valence-corrected chi connectivity index (χ1v) is 8.73. The Bertz CT molecular complexity index is 740. The number of anilines is 1. The molecular formula is C17H17Cl2NO3S. The molecule has 24 heavy (non-hydrogen) atoms. The topological polar surface area (TPSA) is 47.6 Å². The highest BCUT2D eigenvalue weighted by molar-refractivity contribution is 8.00. The predicted octanol–water partition coefficient (Wildman–Crippen LogP) is 5.13. The fraction of sp³-hybridized carbons (Fsp3) is 0.235. The molecule has 4 nitrogen and oxygen atoms in total. The van der Waals surface area contributed by atoms with Gasteiger partial charge in [-0.3, -0.25) is 4.79 Å². The first-order valence-electron chi connectivity index (χ1n) is 7.09. The number of halogens is 2. The summed E-state index contributed by atoms with van der Waals surface area (Å²) in [7, 11) is 3.15. The van der Waals surface area contributed by atoms with Crippen LogP contribution in [0.2, 0.25) is 10.0 Å². The third-order valence-electron chi connectivity index (χ3n) is 3.25. The van der Waals surface area contributed by atoms with Crippen LogP contribution in [0.3, 0.4) is 0 Å². The number of hydrogen-bond donors (Lipinski definition) is 1. The van der Waals surface area contributed by atoms with Gasteiger partial charge in [0.2, 0.25) is 5.91 Å². The molecule has 1 atom stereocenters. The van der Waals surface area contributed by atoms with Gasteiger partial charge in [-0.25, -0.2) is 0 Å². The molecule has 2 aromatic rings. The molecule has 0 aliphatic heterocycles. The van der Waals surface area contributed by atoms with Crippen LogP contribution in [0.5, 0.6) is 11.5 Å². The average molecular weight is 386 g/mol. The summed E-state index contributed by atoms with van der Waals surface area (Å²) in [6, 6.07) is 10.6. The molecule has 0 bridgehead atoms. The zero-order valence-corrected chi connectivity index (χ0v) is 15.8. The Hall–Kier alpha value is -1.56. The van der Waals surface area contributed by atoms with Gasteiger partial charge in [-0.1, -0.05) is 29.3 Å². The van der Waals surface area contributed by atoms with Crippen molar-refractivity contribution in [2.75, 3.05) is 19.5 Å². The van der Waals surface area contributed by atoms with Gasteiger partial charge in [0.25, 0.3) is 0 Å². The predicted molar refractivity (Wildman–Crippen MR) is 100.0 cm³/mol. The molecule has 1 amide bonds. The standard InChI is InChI=1S/C17H17Cl2NO3S/c1-10(17(21)20-13-6-4-5-12(18)16(13)19)24-11-7-8-14(22-2)15(9-11)23-3/h4-10H,1-3H3,(H,20,21)/t10-/m0/s1. The maximum atomic E-state index is 12.4. The van der Waals surface area contributed by atoms with Crippen molar-refractivity contribution >= 4 is 46.6 Å². The summed E-state index contributed by atoms with van der Waals surface area (Å²) in [6.07, 6.45) is 0. The molecule has 0 fully saturated rings. The van der Waals surface area contributed by atoms with Crippen LogP contribution in [0.1, 0.15) is 6.92 Å². The Morgan fingerprint density at radius 2 is 1.83 bits per heavy atom. The second kappa shape index (κ2) is 8.51. The lowest BCUT2D eigenvalue weighted by atomic mass is 10.3. The fourth-order valence-corrected chi connectivity index (χ4v) is 3.23. The number of thioether (sulfide) groups is 1. The van der Waals surface area contributed by atoms with Crippen molar-refractivity contribution in [2.24, 2.45) is 0 Å². The molecule has 0 heterocycles. The third kappa shape index (κ3) is 4.50. The van der Waals surface area contributed by atoms with Gasteiger partial charge in [0, 0.05) is 4.90 Å². The van der Waals surface area contributed by atoms with E-state index in [4.69, 9.17) is 32.7 Å². The van der Waals surface area contributed by atoms with E-state index in [1.807, 2.05) is 19.1 Å². The van der Waals surface area contributed by atoms with Crippen molar-refractivity contribution in [2.45, 2.75) is 17.1 Å². The Kier molecular flexibility index (Phi) is 6.66. The SMILES string of the molecule is COc1ccc(S[C@@H](C)C(=O)Nc2cccc(Cl)c2Cl)cc1OC. The van der Waals surface area contributed by atoms with Crippen molar-refractivity contribution in [3.63, 3.8) is 0 Å². The minimum Gasteiger partial charge on any atom is -0.493 e. The van der Waals surface area contributed by atoms with Gasteiger partial charge in [0.15, 0.2) is 11.5 Å². The zero-order chi connectivity index (χ0) is 17.7. The highest BCUT2D eigenvalue weighted by Gasteiger charge is 2.17. The van der Waals surface area contributed by atoms with Crippen molar-refractivity contribution in [3.8, 4) is 11.5 Å². The first kappa shape index (κ1) is 18.8. The normalized spacial score (nSPS) is 11.7. The molecule has 7 heteroatoms. The lowest BCUT2D eigenvalue weighted by Crippen LogP contribution is -2.22. The lowest BCUT2D eigenvalue weighted by molar-refractivity contribution is -0.115. The monoisotopic (exact) mass is 385 g/mol. The third-order valence-corrected chi connectivity index (χ3v) is 5.16. The van der Waals surface area contributed by atoms with Crippen LogP contribution in [0.15, 0.2) is 41.3 Å². The molecule has 0 radical (unpaired) electrons. The van der Waals surface area contributed by atoms with Crippen LogP contribution < -0.4 is 14.8 Å². The van der Waals surface area contributed by atoms with Gasteiger partial charge in [-0.2, -0.15) is 0 Å². The molecule has 2 aromatic carbocycles. The van der Waals surface area contributed by atoms with E-state index in [-0.39, 0.29) is 11.2 Å². The van der Waals surface area contributed by atoms with Crippen LogP contribution in [0.4, 0.5) is 5.69 Å². The second-order valence-corrected chi connectivity index (χ2v) is 7.07. The Balaban J connectivity index is 2.07. The second-order valence-electron chi connectivity index (χ2n) is 4.87. The van der Waals surface area contributed by atoms with Gasteiger partial charge in [0.05, 0.1) is 35.2 Å². The van der Waals surface area contributed by atoms with Gasteiger partial charge in [-0.15, -0.1) is 11.8 Å². The van der Waals surface area contributed by atoms with E-state index in [9.17, 15) is 4.79 Å². The van der Waals surface area contributed by atoms with E-state index in [0.717, 1.165) is 4.90 Å². The zero-order valence-electron chi connectivity index (χ0n) is 13.4. The van der Waals surface area contributed by atoms with Crippen molar-refractivity contribution in [3.05, 3.63) is 46.4 Å². The molecule has 0 aromatic heterocycles. The van der Waals surface area contributed by atoms with Gasteiger partial charge in [0.1, 0.15) is 0 Å². The quantitative estimate of drug-likeness (QED) is 0.700. The van der Waals surface area contributed by atoms with Crippen molar-refractivity contribution < 1.29 is 14.3 Å². The summed E-state index contributed by atoms with van der Waals surface area (Å²) in [5, 5.41) is 3.18. The molecule has 0 saturated carbocycles. The minimum atomic E-state index is -0.335. The van der Waals surface area contributed by atoms with Crippen LogP contribution in [-0.4, -0.2) is 25.4 Å². The number of amides is 1. The van der Waals surface area contributed by atoms with Gasteiger partial charge in [-0.05, 0) is 37.3 Å². The number of rotatable bonds is 6. The number of hydrogen-bond acceptors (Lipinski definition) is 4. The molecule has 2 rings (SSSR count). The van der Waals surface area contributed by atoms with Crippen LogP contribution in [-0.2, 0) is 4.79 Å². The van der Waals surface area contributed by atoms with E-state index >= 15 is 0 Å². The number of methoxy groups -OCH3 is 2. The highest BCUT2D eigenvalue weighted by Crippen LogP contribution is 2.34. The maximum absolute atomic E-state index is 12.4. The summed E-state index contributed by atoms with van der Waals surface area (Å²) in [4.78, 5) is 13.3. The summed E-state index contributed by atoms with van der Waals surface area (Å²) in [5.74, 6) is 1.09. The van der Waals surface area contributed by atoms with Crippen LogP contribution in [0, 0.1) is 0 Å². The largest absolute Gasteiger partial charge is 0.493 e. The molecule has 128 valence electrons. The Morgan fingerprint density at radius 1 is 1.12 bits per heavy atom. The van der Waals surface area contributed by atoms with E-state index in [0.29, 0.717) is 27.2 Å². The maximum Gasteiger partial charge on any atom is 0.237 e. The number of ether oxygens (including phenoxy) is 2. The van der Waals surface area contributed by atoms with E-state index in [1.54, 1.807) is 38.5 Å². The number of nitrogens with one attached hydrogen (secondary N) is 1. The number of carbonyl (C=O) groups is 1. The van der Waals surface area contributed by atoms with E-state index in [1.165, 1.54) is 11.8 Å². The Labute approximate surface area is 155 Å². The van der Waals surface area contributed by atoms with Gasteiger partial charge < -0.3 is 14.8 Å². The smallest absolute Gasteiger partial charge is 0.237 e. The molecular weight excluding hydrogens is 369 g/mol. The molecule has 0 saturated heterocycles. The van der Waals surface area contributed by atoms with E-state index in [2.05, 4.69) is 5.32 Å². The van der Waals surface area contributed by atoms with E-state index < -0.39 is 0 Å². The summed E-state index contributed by atoms with van der Waals surface area (Å²) in [5.41, 5.74) is 0.494. The molecule has 1 N–H and O–H groups in total. The molecule has 0 spiro atoms. The van der Waals surface area contributed by atoms with Crippen LogP contribution in [0.25, 0.3) is 0 Å². The molecule has 0 aliphatic carbocycles. The summed E-state index contributed by atoms with van der Waals surface area (Å²) >= 11 is 13.5. The van der Waals surface area contributed by atoms with Crippen molar-refractivity contribution in [1.29, 1.82) is 0 Å². The van der Waals surface area contributed by atoms with Crippen LogP contribution >= 0.6 is 35.0 Å². The number of benzene rings is 2. The summed E-state index contributed by atoms with van der Waals surface area (Å²) < 4.78 is 10.5.